The van der Waals surface area contributed by atoms with Crippen molar-refractivity contribution in [3.8, 4) is 6.07 Å². The highest BCUT2D eigenvalue weighted by atomic mass is 16.6. The quantitative estimate of drug-likeness (QED) is 0.570. The molecule has 1 aliphatic rings. The second kappa shape index (κ2) is 9.31. The van der Waals surface area contributed by atoms with Crippen molar-refractivity contribution in [2.75, 3.05) is 18.5 Å². The highest BCUT2D eigenvalue weighted by Gasteiger charge is 2.26. The number of rotatable bonds is 7. The van der Waals surface area contributed by atoms with Crippen LogP contribution in [0.15, 0.2) is 48.5 Å². The molecule has 0 spiro atoms. The predicted octanol–water partition coefficient (Wildman–Crippen LogP) is 4.20. The number of nitro benzene ring substituents is 1. The molecule has 1 fully saturated rings. The Kier molecular flexibility index (Phi) is 6.58. The number of hydrogen-bond donors (Lipinski definition) is 1. The average molecular weight is 381 g/mol. The SMILES string of the molecule is CC(Nc1ccc([N+](=O)[O-])cc1C#N)C(OC1CCOCC1)c1ccccc1. The molecule has 28 heavy (non-hydrogen) atoms. The van der Waals surface area contributed by atoms with E-state index in [2.05, 4.69) is 5.32 Å². The monoisotopic (exact) mass is 381 g/mol. The first-order valence-corrected chi connectivity index (χ1v) is 9.31. The van der Waals surface area contributed by atoms with E-state index in [0.717, 1.165) is 18.4 Å². The minimum absolute atomic E-state index is 0.104. The highest BCUT2D eigenvalue weighted by molar-refractivity contribution is 5.61. The predicted molar refractivity (Wildman–Crippen MR) is 105 cm³/mol. The maximum Gasteiger partial charge on any atom is 0.270 e. The van der Waals surface area contributed by atoms with Gasteiger partial charge in [-0.15, -0.1) is 0 Å². The zero-order chi connectivity index (χ0) is 19.9. The van der Waals surface area contributed by atoms with Crippen molar-refractivity contribution < 1.29 is 14.4 Å². The van der Waals surface area contributed by atoms with Gasteiger partial charge in [-0.3, -0.25) is 10.1 Å². The van der Waals surface area contributed by atoms with E-state index >= 15 is 0 Å². The van der Waals surface area contributed by atoms with Crippen LogP contribution >= 0.6 is 0 Å². The lowest BCUT2D eigenvalue weighted by atomic mass is 10.0. The van der Waals surface area contributed by atoms with Gasteiger partial charge in [-0.2, -0.15) is 5.26 Å². The fourth-order valence-corrected chi connectivity index (χ4v) is 3.33. The van der Waals surface area contributed by atoms with Gasteiger partial charge in [-0.05, 0) is 31.4 Å². The Hall–Kier alpha value is -2.95. The molecule has 3 rings (SSSR count). The molecule has 7 heteroatoms. The highest BCUT2D eigenvalue weighted by Crippen LogP contribution is 2.30. The summed E-state index contributed by atoms with van der Waals surface area (Å²) in [4.78, 5) is 10.5. The van der Waals surface area contributed by atoms with Gasteiger partial charge >= 0.3 is 0 Å². The number of nitrogens with one attached hydrogen (secondary N) is 1. The van der Waals surface area contributed by atoms with E-state index in [1.807, 2.05) is 43.3 Å². The Balaban J connectivity index is 1.82. The Bertz CT molecular complexity index is 844. The van der Waals surface area contributed by atoms with Gasteiger partial charge < -0.3 is 14.8 Å². The standard InChI is InChI=1S/C21H23N3O4/c1-15(23-20-8-7-18(24(25)26)13-17(20)14-22)21(16-5-3-2-4-6-16)28-19-9-11-27-12-10-19/h2-8,13,15,19,21,23H,9-12H2,1H3. The maximum atomic E-state index is 11.0. The van der Waals surface area contributed by atoms with E-state index in [4.69, 9.17) is 9.47 Å². The Morgan fingerprint density at radius 3 is 2.61 bits per heavy atom. The lowest BCUT2D eigenvalue weighted by Gasteiger charge is -2.32. The van der Waals surface area contributed by atoms with Crippen molar-refractivity contribution in [2.24, 2.45) is 0 Å². The lowest BCUT2D eigenvalue weighted by molar-refractivity contribution is -0.384. The summed E-state index contributed by atoms with van der Waals surface area (Å²) >= 11 is 0. The molecule has 2 aromatic rings. The molecule has 0 aromatic heterocycles. The van der Waals surface area contributed by atoms with Gasteiger partial charge in [0.05, 0.1) is 28.3 Å². The number of anilines is 1. The van der Waals surface area contributed by atoms with Crippen molar-refractivity contribution >= 4 is 11.4 Å². The van der Waals surface area contributed by atoms with Crippen LogP contribution in [0.25, 0.3) is 0 Å². The van der Waals surface area contributed by atoms with Crippen molar-refractivity contribution in [3.05, 3.63) is 69.8 Å². The molecule has 2 unspecified atom stereocenters. The van der Waals surface area contributed by atoms with E-state index in [9.17, 15) is 15.4 Å². The largest absolute Gasteiger partial charge is 0.381 e. The number of nitriles is 1. The number of non-ortho nitro benzene ring substituents is 1. The van der Waals surface area contributed by atoms with Gasteiger partial charge in [0.2, 0.25) is 0 Å². The molecule has 1 N–H and O–H groups in total. The third-order valence-corrected chi connectivity index (χ3v) is 4.81. The van der Waals surface area contributed by atoms with Crippen LogP contribution in [-0.4, -0.2) is 30.3 Å². The summed E-state index contributed by atoms with van der Waals surface area (Å²) in [6, 6.07) is 16.1. The molecule has 0 saturated carbocycles. The average Bonchev–Trinajstić information content (AvgIpc) is 2.73. The number of hydrogen-bond acceptors (Lipinski definition) is 6. The summed E-state index contributed by atoms with van der Waals surface area (Å²) < 4.78 is 11.8. The van der Waals surface area contributed by atoms with Crippen LogP contribution in [-0.2, 0) is 9.47 Å². The van der Waals surface area contributed by atoms with Crippen LogP contribution in [0.5, 0.6) is 0 Å². The minimum Gasteiger partial charge on any atom is -0.381 e. The zero-order valence-corrected chi connectivity index (χ0v) is 15.7. The molecular formula is C21H23N3O4. The Morgan fingerprint density at radius 2 is 1.96 bits per heavy atom. The van der Waals surface area contributed by atoms with E-state index in [0.29, 0.717) is 18.9 Å². The fourth-order valence-electron chi connectivity index (χ4n) is 3.33. The van der Waals surface area contributed by atoms with Crippen LogP contribution in [0.3, 0.4) is 0 Å². The summed E-state index contributed by atoms with van der Waals surface area (Å²) in [5.74, 6) is 0. The fraction of sp³-hybridized carbons (Fsp3) is 0.381. The van der Waals surface area contributed by atoms with Gasteiger partial charge in [0.1, 0.15) is 12.2 Å². The Labute approximate surface area is 164 Å². The number of nitrogens with zero attached hydrogens (tertiary/aromatic N) is 2. The van der Waals surface area contributed by atoms with Crippen LogP contribution in [0.1, 0.15) is 37.0 Å². The topological polar surface area (TPSA) is 97.4 Å². The molecule has 0 amide bonds. The summed E-state index contributed by atoms with van der Waals surface area (Å²) in [6.45, 7) is 3.36. The molecule has 0 bridgehead atoms. The van der Waals surface area contributed by atoms with E-state index in [-0.39, 0.29) is 29.5 Å². The molecule has 0 radical (unpaired) electrons. The van der Waals surface area contributed by atoms with Crippen molar-refractivity contribution in [1.82, 2.24) is 0 Å². The summed E-state index contributed by atoms with van der Waals surface area (Å²) in [7, 11) is 0. The van der Waals surface area contributed by atoms with Gasteiger partial charge in [-0.25, -0.2) is 0 Å². The summed E-state index contributed by atoms with van der Waals surface area (Å²) in [5.41, 5.74) is 1.72. The molecular weight excluding hydrogens is 358 g/mol. The number of nitro groups is 1. The van der Waals surface area contributed by atoms with Gasteiger partial charge in [-0.1, -0.05) is 30.3 Å². The van der Waals surface area contributed by atoms with Crippen molar-refractivity contribution in [1.29, 1.82) is 5.26 Å². The molecule has 7 nitrogen and oxygen atoms in total. The summed E-state index contributed by atoms with van der Waals surface area (Å²) in [5, 5.41) is 23.7. The minimum atomic E-state index is -0.505. The lowest BCUT2D eigenvalue weighted by Crippen LogP contribution is -2.32. The van der Waals surface area contributed by atoms with E-state index < -0.39 is 4.92 Å². The van der Waals surface area contributed by atoms with Gasteiger partial charge in [0.25, 0.3) is 5.69 Å². The maximum absolute atomic E-state index is 11.0. The molecule has 1 saturated heterocycles. The molecule has 1 heterocycles. The first-order valence-electron chi connectivity index (χ1n) is 9.31. The van der Waals surface area contributed by atoms with Crippen molar-refractivity contribution in [2.45, 2.75) is 38.0 Å². The van der Waals surface area contributed by atoms with Gasteiger partial charge in [0.15, 0.2) is 0 Å². The Morgan fingerprint density at radius 1 is 1.25 bits per heavy atom. The summed E-state index contributed by atoms with van der Waals surface area (Å²) in [6.07, 6.45) is 1.56. The number of ether oxygens (including phenoxy) is 2. The molecule has 0 aliphatic carbocycles. The second-order valence-corrected chi connectivity index (χ2v) is 6.81. The second-order valence-electron chi connectivity index (χ2n) is 6.81. The van der Waals surface area contributed by atoms with E-state index in [1.165, 1.54) is 12.1 Å². The molecule has 146 valence electrons. The van der Waals surface area contributed by atoms with Crippen molar-refractivity contribution in [3.63, 3.8) is 0 Å². The van der Waals surface area contributed by atoms with Crippen LogP contribution in [0, 0.1) is 21.4 Å². The number of benzene rings is 2. The zero-order valence-electron chi connectivity index (χ0n) is 15.7. The molecule has 2 atom stereocenters. The molecule has 2 aromatic carbocycles. The molecule has 1 aliphatic heterocycles. The first kappa shape index (κ1) is 19.8. The third kappa shape index (κ3) is 4.85. The van der Waals surface area contributed by atoms with E-state index in [1.54, 1.807) is 6.07 Å². The van der Waals surface area contributed by atoms with Crippen LogP contribution in [0.2, 0.25) is 0 Å². The normalized spacial score (nSPS) is 16.7. The van der Waals surface area contributed by atoms with Crippen LogP contribution < -0.4 is 5.32 Å². The third-order valence-electron chi connectivity index (χ3n) is 4.81. The smallest absolute Gasteiger partial charge is 0.270 e. The first-order chi connectivity index (χ1) is 13.6. The van der Waals surface area contributed by atoms with Crippen LogP contribution in [0.4, 0.5) is 11.4 Å². The van der Waals surface area contributed by atoms with Gasteiger partial charge in [0, 0.05) is 25.3 Å².